The van der Waals surface area contributed by atoms with E-state index in [-0.39, 0.29) is 22.8 Å². The molecule has 0 radical (unpaired) electrons. The summed E-state index contributed by atoms with van der Waals surface area (Å²) in [5, 5.41) is 10.6. The quantitative estimate of drug-likeness (QED) is 0.347. The third-order valence-electron chi connectivity index (χ3n) is 7.28. The molecule has 0 spiro atoms. The van der Waals surface area contributed by atoms with E-state index in [9.17, 15) is 15.0 Å². The molecule has 3 aromatic rings. The number of hydrogen-bond acceptors (Lipinski definition) is 3. The first-order valence-corrected chi connectivity index (χ1v) is 13.1. The van der Waals surface area contributed by atoms with Crippen LogP contribution in [0.4, 0.5) is 5.69 Å². The van der Waals surface area contributed by atoms with Crippen LogP contribution in [-0.2, 0) is 4.79 Å². The number of carbonyl (C=O) groups is 2. The van der Waals surface area contributed by atoms with Crippen LogP contribution in [0.25, 0.3) is 0 Å². The highest BCUT2D eigenvalue weighted by Gasteiger charge is 2.50. The minimum absolute atomic E-state index is 0.0133. The maximum atomic E-state index is 14.2. The van der Waals surface area contributed by atoms with Crippen molar-refractivity contribution in [2.24, 2.45) is 11.3 Å². The summed E-state index contributed by atoms with van der Waals surface area (Å²) in [6.07, 6.45) is 0.984. The SMILES string of the molecule is Cc1ccc(C(=O)C2C(=N)N(c3ccc(Cl)cc3)C3=C(C(=O)CC(C)(C)C3)C2c2ccc(Cl)cc2)cc1. The highest BCUT2D eigenvalue weighted by Crippen LogP contribution is 2.51. The van der Waals surface area contributed by atoms with Gasteiger partial charge in [0.05, 0.1) is 5.92 Å². The fourth-order valence-corrected chi connectivity index (χ4v) is 5.80. The summed E-state index contributed by atoms with van der Waals surface area (Å²) in [4.78, 5) is 29.8. The fourth-order valence-electron chi connectivity index (χ4n) is 5.55. The van der Waals surface area contributed by atoms with E-state index in [0.717, 1.165) is 16.8 Å². The monoisotopic (exact) mass is 530 g/mol. The Labute approximate surface area is 227 Å². The molecule has 188 valence electrons. The summed E-state index contributed by atoms with van der Waals surface area (Å²) < 4.78 is 0. The predicted octanol–water partition coefficient (Wildman–Crippen LogP) is 8.03. The second kappa shape index (κ2) is 9.59. The van der Waals surface area contributed by atoms with Crippen molar-refractivity contribution in [1.29, 1.82) is 5.41 Å². The van der Waals surface area contributed by atoms with Gasteiger partial charge in [0, 0.05) is 44.9 Å². The van der Waals surface area contributed by atoms with E-state index < -0.39 is 11.8 Å². The largest absolute Gasteiger partial charge is 0.302 e. The molecule has 0 aromatic heterocycles. The van der Waals surface area contributed by atoms with Gasteiger partial charge >= 0.3 is 0 Å². The molecule has 2 atom stereocenters. The van der Waals surface area contributed by atoms with Crippen LogP contribution in [-0.4, -0.2) is 17.4 Å². The molecule has 0 saturated carbocycles. The molecule has 5 rings (SSSR count). The van der Waals surface area contributed by atoms with Gasteiger partial charge in [0.2, 0.25) is 0 Å². The van der Waals surface area contributed by atoms with E-state index in [4.69, 9.17) is 23.2 Å². The van der Waals surface area contributed by atoms with Crippen LogP contribution in [0.5, 0.6) is 0 Å². The fraction of sp³-hybridized carbons (Fsp3) is 0.258. The van der Waals surface area contributed by atoms with Gasteiger partial charge < -0.3 is 4.90 Å². The molecule has 37 heavy (non-hydrogen) atoms. The van der Waals surface area contributed by atoms with Gasteiger partial charge in [-0.25, -0.2) is 0 Å². The van der Waals surface area contributed by atoms with Crippen LogP contribution >= 0.6 is 23.2 Å². The number of amidine groups is 1. The van der Waals surface area contributed by atoms with Crippen molar-refractivity contribution in [3.05, 3.63) is 111 Å². The van der Waals surface area contributed by atoms with Gasteiger partial charge in [-0.1, -0.05) is 79.0 Å². The molecule has 2 aliphatic rings. The Hall–Kier alpha value is -3.21. The van der Waals surface area contributed by atoms with Gasteiger partial charge in [0.25, 0.3) is 0 Å². The Morgan fingerprint density at radius 1 is 0.892 bits per heavy atom. The van der Waals surface area contributed by atoms with E-state index in [1.54, 1.807) is 41.3 Å². The summed E-state index contributed by atoms with van der Waals surface area (Å²) in [5.74, 6) is -1.49. The molecule has 1 aliphatic carbocycles. The van der Waals surface area contributed by atoms with Crippen LogP contribution in [0.3, 0.4) is 0 Å². The molecular weight excluding hydrogens is 503 g/mol. The number of benzene rings is 3. The van der Waals surface area contributed by atoms with Crippen molar-refractivity contribution in [1.82, 2.24) is 0 Å². The maximum absolute atomic E-state index is 14.2. The number of nitrogens with one attached hydrogen (secondary N) is 1. The lowest BCUT2D eigenvalue weighted by Crippen LogP contribution is -2.50. The lowest BCUT2D eigenvalue weighted by molar-refractivity contribution is -0.118. The number of anilines is 1. The summed E-state index contributed by atoms with van der Waals surface area (Å²) in [7, 11) is 0. The van der Waals surface area contributed by atoms with Crippen molar-refractivity contribution >= 4 is 46.3 Å². The van der Waals surface area contributed by atoms with E-state index in [0.29, 0.717) is 39.7 Å². The zero-order chi connectivity index (χ0) is 26.5. The van der Waals surface area contributed by atoms with Crippen LogP contribution in [0, 0.1) is 23.7 Å². The number of carbonyl (C=O) groups excluding carboxylic acids is 2. The number of rotatable bonds is 4. The van der Waals surface area contributed by atoms with Crippen molar-refractivity contribution in [3.63, 3.8) is 0 Å². The minimum atomic E-state index is -0.886. The molecule has 6 heteroatoms. The van der Waals surface area contributed by atoms with Gasteiger partial charge in [-0.2, -0.15) is 0 Å². The van der Waals surface area contributed by atoms with Gasteiger partial charge in [-0.05, 0) is 60.7 Å². The average molecular weight is 531 g/mol. The standard InChI is InChI=1S/C31H28Cl2N2O2/c1-18-4-6-20(7-5-18)29(37)28-26(19-8-10-21(32)11-9-19)27-24(16-31(2,3)17-25(27)36)35(30(28)34)23-14-12-22(33)13-15-23/h4-15,26,28,34H,16-17H2,1-3H3. The third-order valence-corrected chi connectivity index (χ3v) is 7.78. The molecule has 1 aliphatic heterocycles. The molecule has 1 N–H and O–H groups in total. The van der Waals surface area contributed by atoms with Gasteiger partial charge in [0.1, 0.15) is 5.84 Å². The van der Waals surface area contributed by atoms with Crippen LogP contribution in [0.15, 0.2) is 84.1 Å². The number of ketones is 2. The molecule has 3 aromatic carbocycles. The number of allylic oxidation sites excluding steroid dienone is 2. The van der Waals surface area contributed by atoms with Crippen LogP contribution in [0.1, 0.15) is 54.1 Å². The summed E-state index contributed by atoms with van der Waals surface area (Å²) in [6.45, 7) is 6.10. The van der Waals surface area contributed by atoms with Gasteiger partial charge in [-0.15, -0.1) is 0 Å². The lowest BCUT2D eigenvalue weighted by Gasteiger charge is -2.47. The first kappa shape index (κ1) is 25.4. The zero-order valence-corrected chi connectivity index (χ0v) is 22.5. The van der Waals surface area contributed by atoms with E-state index in [1.165, 1.54) is 0 Å². The number of Topliss-reactive ketones (excluding diaryl/α,β-unsaturated/α-hetero) is 2. The Balaban J connectivity index is 1.77. The van der Waals surface area contributed by atoms with Crippen LogP contribution < -0.4 is 4.90 Å². The molecule has 0 saturated heterocycles. The predicted molar refractivity (Wildman–Crippen MR) is 150 cm³/mol. The lowest BCUT2D eigenvalue weighted by atomic mass is 9.65. The summed E-state index contributed by atoms with van der Waals surface area (Å²) >= 11 is 12.4. The third kappa shape index (κ3) is 4.76. The molecule has 0 fully saturated rings. The smallest absolute Gasteiger partial charge is 0.174 e. The number of aryl methyl sites for hydroxylation is 1. The van der Waals surface area contributed by atoms with E-state index in [1.807, 2.05) is 43.3 Å². The van der Waals surface area contributed by atoms with E-state index >= 15 is 0 Å². The summed E-state index contributed by atoms with van der Waals surface area (Å²) in [5.41, 5.74) is 4.18. The highest BCUT2D eigenvalue weighted by molar-refractivity contribution is 6.31. The van der Waals surface area contributed by atoms with Gasteiger partial charge in [-0.3, -0.25) is 15.0 Å². The highest BCUT2D eigenvalue weighted by atomic mass is 35.5. The molecule has 0 amide bonds. The number of nitrogens with zero attached hydrogens (tertiary/aromatic N) is 1. The van der Waals surface area contributed by atoms with E-state index in [2.05, 4.69) is 13.8 Å². The zero-order valence-electron chi connectivity index (χ0n) is 21.0. The molecule has 4 nitrogen and oxygen atoms in total. The first-order chi connectivity index (χ1) is 17.6. The minimum Gasteiger partial charge on any atom is -0.302 e. The normalized spacial score (nSPS) is 21.2. The van der Waals surface area contributed by atoms with Crippen molar-refractivity contribution in [3.8, 4) is 0 Å². The Kier molecular flexibility index (Phi) is 6.59. The van der Waals surface area contributed by atoms with Crippen LogP contribution in [0.2, 0.25) is 10.0 Å². The first-order valence-electron chi connectivity index (χ1n) is 12.3. The van der Waals surface area contributed by atoms with Crippen molar-refractivity contribution in [2.75, 3.05) is 4.90 Å². The maximum Gasteiger partial charge on any atom is 0.174 e. The van der Waals surface area contributed by atoms with Crippen molar-refractivity contribution < 1.29 is 9.59 Å². The molecule has 2 unspecified atom stereocenters. The van der Waals surface area contributed by atoms with Crippen molar-refractivity contribution in [2.45, 2.75) is 39.5 Å². The molecule has 0 bridgehead atoms. The number of halogens is 2. The Bertz CT molecular complexity index is 1420. The van der Waals surface area contributed by atoms with Gasteiger partial charge in [0.15, 0.2) is 11.6 Å². The summed E-state index contributed by atoms with van der Waals surface area (Å²) in [6, 6.07) is 21.9. The topological polar surface area (TPSA) is 61.2 Å². The second-order valence-corrected chi connectivity index (χ2v) is 11.6. The average Bonchev–Trinajstić information content (AvgIpc) is 2.84. The Morgan fingerprint density at radius 2 is 1.46 bits per heavy atom. The Morgan fingerprint density at radius 3 is 2.05 bits per heavy atom. The number of hydrogen-bond donors (Lipinski definition) is 1. The molecular formula is C31H28Cl2N2O2. The second-order valence-electron chi connectivity index (χ2n) is 10.7. The molecule has 1 heterocycles.